The van der Waals surface area contributed by atoms with Crippen LogP contribution in [0.1, 0.15) is 38.7 Å². The summed E-state index contributed by atoms with van der Waals surface area (Å²) in [6.45, 7) is 4.36. The van der Waals surface area contributed by atoms with E-state index in [1.807, 2.05) is 20.2 Å². The van der Waals surface area contributed by atoms with Gasteiger partial charge in [-0.2, -0.15) is 0 Å². The lowest BCUT2D eigenvalue weighted by atomic mass is 10.1. The highest BCUT2D eigenvalue weighted by atomic mass is 16.1. The first-order valence-corrected chi connectivity index (χ1v) is 7.69. The molecule has 0 aromatic heterocycles. The molecule has 21 heavy (non-hydrogen) atoms. The molecule has 2 heteroatoms. The highest BCUT2D eigenvalue weighted by molar-refractivity contribution is 6.13. The van der Waals surface area contributed by atoms with E-state index in [2.05, 4.69) is 49.1 Å². The van der Waals surface area contributed by atoms with Gasteiger partial charge in [-0.05, 0) is 54.5 Å². The Bertz CT molecular complexity index is 562. The molecule has 0 atom stereocenters. The summed E-state index contributed by atoms with van der Waals surface area (Å²) in [5.41, 5.74) is 4.23. The van der Waals surface area contributed by atoms with Gasteiger partial charge in [0.25, 0.3) is 0 Å². The van der Waals surface area contributed by atoms with Crippen LogP contribution in [0.5, 0.6) is 0 Å². The third-order valence-corrected chi connectivity index (χ3v) is 3.83. The van der Waals surface area contributed by atoms with Crippen LogP contribution in [0.2, 0.25) is 0 Å². The first-order chi connectivity index (χ1) is 9.97. The first-order valence-electron chi connectivity index (χ1n) is 7.69. The Balaban J connectivity index is 2.12. The van der Waals surface area contributed by atoms with E-state index in [4.69, 9.17) is 0 Å². The Morgan fingerprint density at radius 2 is 1.71 bits per heavy atom. The molecule has 1 aromatic carbocycles. The van der Waals surface area contributed by atoms with Gasteiger partial charge in [0.2, 0.25) is 0 Å². The van der Waals surface area contributed by atoms with Crippen LogP contribution in [0.4, 0.5) is 5.69 Å². The van der Waals surface area contributed by atoms with E-state index in [-0.39, 0.29) is 5.78 Å². The second kappa shape index (κ2) is 6.75. The molecule has 0 spiro atoms. The fraction of sp³-hybridized carbons (Fsp3) is 0.421. The predicted molar refractivity (Wildman–Crippen MR) is 90.5 cm³/mol. The monoisotopic (exact) mass is 283 g/mol. The van der Waals surface area contributed by atoms with Crippen LogP contribution in [0.15, 0.2) is 41.5 Å². The summed E-state index contributed by atoms with van der Waals surface area (Å²) in [6.07, 6.45) is 6.93. The summed E-state index contributed by atoms with van der Waals surface area (Å²) in [6, 6.07) is 8.32. The van der Waals surface area contributed by atoms with Gasteiger partial charge in [0.1, 0.15) is 0 Å². The van der Waals surface area contributed by atoms with Gasteiger partial charge < -0.3 is 4.90 Å². The molecular formula is C19H25NO. The van der Waals surface area contributed by atoms with E-state index in [1.165, 1.54) is 5.69 Å². The Labute approximate surface area is 128 Å². The molecule has 0 N–H and O–H groups in total. The van der Waals surface area contributed by atoms with Crippen molar-refractivity contribution in [1.82, 2.24) is 0 Å². The zero-order valence-corrected chi connectivity index (χ0v) is 13.5. The molecule has 2 nitrogen and oxygen atoms in total. The molecular weight excluding hydrogens is 258 g/mol. The van der Waals surface area contributed by atoms with Crippen molar-refractivity contribution >= 4 is 17.5 Å². The maximum absolute atomic E-state index is 12.4. The minimum absolute atomic E-state index is 0.243. The van der Waals surface area contributed by atoms with Crippen molar-refractivity contribution in [3.05, 3.63) is 47.1 Å². The molecule has 1 aliphatic rings. The molecule has 0 heterocycles. The zero-order valence-electron chi connectivity index (χ0n) is 13.5. The maximum Gasteiger partial charge on any atom is 0.184 e. The molecule has 0 unspecified atom stereocenters. The minimum Gasteiger partial charge on any atom is -0.378 e. The van der Waals surface area contributed by atoms with Crippen LogP contribution in [0.25, 0.3) is 6.08 Å². The lowest BCUT2D eigenvalue weighted by Gasteiger charge is -2.11. The van der Waals surface area contributed by atoms with Gasteiger partial charge in [-0.1, -0.05) is 32.1 Å². The lowest BCUT2D eigenvalue weighted by Crippen LogP contribution is -2.07. The van der Waals surface area contributed by atoms with Crippen molar-refractivity contribution in [3.63, 3.8) is 0 Å². The van der Waals surface area contributed by atoms with Gasteiger partial charge >= 0.3 is 0 Å². The normalized spacial score (nSPS) is 19.0. The number of nitrogens with zero attached hydrogens (tertiary/aromatic N) is 1. The van der Waals surface area contributed by atoms with Gasteiger partial charge in [0.15, 0.2) is 5.78 Å². The SMILES string of the molecule is CC(C)C/C=C1\CC/C(=C\c2ccc(N(C)C)cc2)C1=O. The zero-order chi connectivity index (χ0) is 15.4. The van der Waals surface area contributed by atoms with Crippen molar-refractivity contribution in [1.29, 1.82) is 0 Å². The Hall–Kier alpha value is -1.83. The number of allylic oxidation sites excluding steroid dienone is 3. The summed E-state index contributed by atoms with van der Waals surface area (Å²) in [4.78, 5) is 14.4. The summed E-state index contributed by atoms with van der Waals surface area (Å²) in [5, 5.41) is 0. The number of hydrogen-bond acceptors (Lipinski definition) is 2. The first kappa shape index (κ1) is 15.6. The third kappa shape index (κ3) is 4.07. The van der Waals surface area contributed by atoms with E-state index < -0.39 is 0 Å². The van der Waals surface area contributed by atoms with E-state index in [1.54, 1.807) is 0 Å². The molecule has 0 saturated heterocycles. The van der Waals surface area contributed by atoms with Crippen molar-refractivity contribution < 1.29 is 4.79 Å². The predicted octanol–water partition coefficient (Wildman–Crippen LogP) is 4.47. The summed E-state index contributed by atoms with van der Waals surface area (Å²) in [5.74, 6) is 0.851. The van der Waals surface area contributed by atoms with Crippen molar-refractivity contribution in [2.45, 2.75) is 33.1 Å². The Kier molecular flexibility index (Phi) is 5.00. The molecule has 1 fully saturated rings. The summed E-state index contributed by atoms with van der Waals surface area (Å²) < 4.78 is 0. The smallest absolute Gasteiger partial charge is 0.184 e. The topological polar surface area (TPSA) is 20.3 Å². The third-order valence-electron chi connectivity index (χ3n) is 3.83. The van der Waals surface area contributed by atoms with Gasteiger partial charge in [-0.3, -0.25) is 4.79 Å². The highest BCUT2D eigenvalue weighted by Gasteiger charge is 2.22. The molecule has 0 bridgehead atoms. The van der Waals surface area contributed by atoms with Crippen molar-refractivity contribution in [3.8, 4) is 0 Å². The van der Waals surface area contributed by atoms with Crippen LogP contribution in [0.3, 0.4) is 0 Å². The average Bonchev–Trinajstić information content (AvgIpc) is 2.78. The second-order valence-corrected chi connectivity index (χ2v) is 6.34. The van der Waals surface area contributed by atoms with Gasteiger partial charge in [-0.25, -0.2) is 0 Å². The summed E-state index contributed by atoms with van der Waals surface area (Å²) in [7, 11) is 4.06. The van der Waals surface area contributed by atoms with Gasteiger partial charge in [0, 0.05) is 25.4 Å². The minimum atomic E-state index is 0.243. The summed E-state index contributed by atoms with van der Waals surface area (Å²) >= 11 is 0. The van der Waals surface area contributed by atoms with Crippen LogP contribution in [-0.4, -0.2) is 19.9 Å². The molecule has 1 aromatic rings. The van der Waals surface area contributed by atoms with E-state index >= 15 is 0 Å². The van der Waals surface area contributed by atoms with Crippen LogP contribution < -0.4 is 4.90 Å². The van der Waals surface area contributed by atoms with Gasteiger partial charge in [0.05, 0.1) is 0 Å². The second-order valence-electron chi connectivity index (χ2n) is 6.34. The number of benzene rings is 1. The fourth-order valence-electron chi connectivity index (χ4n) is 2.48. The molecule has 1 aliphatic carbocycles. The van der Waals surface area contributed by atoms with Crippen LogP contribution in [0, 0.1) is 5.92 Å². The van der Waals surface area contributed by atoms with E-state index in [0.717, 1.165) is 36.0 Å². The van der Waals surface area contributed by atoms with Crippen molar-refractivity contribution in [2.75, 3.05) is 19.0 Å². The molecule has 0 amide bonds. The van der Waals surface area contributed by atoms with E-state index in [0.29, 0.717) is 5.92 Å². The molecule has 112 valence electrons. The number of carbonyl (C=O) groups is 1. The maximum atomic E-state index is 12.4. The highest BCUT2D eigenvalue weighted by Crippen LogP contribution is 2.29. The van der Waals surface area contributed by atoms with Crippen LogP contribution >= 0.6 is 0 Å². The average molecular weight is 283 g/mol. The molecule has 2 rings (SSSR count). The number of carbonyl (C=O) groups excluding carboxylic acids is 1. The van der Waals surface area contributed by atoms with Crippen molar-refractivity contribution in [2.24, 2.45) is 5.92 Å². The molecule has 1 saturated carbocycles. The number of anilines is 1. The quantitative estimate of drug-likeness (QED) is 0.760. The number of Topliss-reactive ketones (excluding diaryl/α,β-unsaturated/α-hetero) is 1. The standard InChI is InChI=1S/C19H25NO/c1-14(2)5-8-16-9-10-17(19(16)21)13-15-6-11-18(12-7-15)20(3)4/h6-8,11-14H,5,9-10H2,1-4H3/b16-8+,17-13+. The lowest BCUT2D eigenvalue weighted by molar-refractivity contribution is -0.111. The van der Waals surface area contributed by atoms with E-state index in [9.17, 15) is 4.79 Å². The number of hydrogen-bond donors (Lipinski definition) is 0. The van der Waals surface area contributed by atoms with Gasteiger partial charge in [-0.15, -0.1) is 0 Å². The largest absolute Gasteiger partial charge is 0.378 e. The molecule has 0 radical (unpaired) electrons. The Morgan fingerprint density at radius 1 is 1.10 bits per heavy atom. The fourth-order valence-corrected chi connectivity index (χ4v) is 2.48. The van der Waals surface area contributed by atoms with Crippen LogP contribution in [-0.2, 0) is 4.79 Å². The Morgan fingerprint density at radius 3 is 2.29 bits per heavy atom. The molecule has 0 aliphatic heterocycles. The number of rotatable bonds is 4. The number of ketones is 1.